The number of aliphatic hydroxyl groups is 1. The van der Waals surface area contributed by atoms with Gasteiger partial charge in [-0.2, -0.15) is 9.97 Å². The van der Waals surface area contributed by atoms with E-state index < -0.39 is 23.9 Å². The largest absolute Gasteiger partial charge is 0.498 e. The van der Waals surface area contributed by atoms with Gasteiger partial charge >= 0.3 is 0 Å². The molecule has 0 atom stereocenters. The maximum atomic E-state index is 13.2. The second kappa shape index (κ2) is 9.31. The Balaban J connectivity index is 1.56. The zero-order chi connectivity index (χ0) is 26.5. The van der Waals surface area contributed by atoms with E-state index in [9.17, 15) is 13.9 Å². The molecule has 3 N–H and O–H groups in total. The van der Waals surface area contributed by atoms with Crippen LogP contribution in [0.5, 0.6) is 5.88 Å². The van der Waals surface area contributed by atoms with Crippen molar-refractivity contribution >= 4 is 51.7 Å². The van der Waals surface area contributed by atoms with Crippen LogP contribution in [0.25, 0.3) is 33.3 Å². The van der Waals surface area contributed by atoms with Crippen molar-refractivity contribution in [2.45, 2.75) is 69.4 Å². The maximum absolute atomic E-state index is 13.2. The predicted molar refractivity (Wildman–Crippen MR) is 147 cm³/mol. The van der Waals surface area contributed by atoms with Gasteiger partial charge in [0.25, 0.3) is 6.43 Å². The Morgan fingerprint density at radius 2 is 2.00 bits per heavy atom. The minimum absolute atomic E-state index is 0.152. The molecule has 1 aliphatic rings. The number of nitrogens with zero attached hydrogens (tertiary/aromatic N) is 5. The molecule has 1 aliphatic carbocycles. The van der Waals surface area contributed by atoms with E-state index in [-0.39, 0.29) is 6.04 Å². The van der Waals surface area contributed by atoms with Gasteiger partial charge in [-0.25, -0.2) is 18.7 Å². The third kappa shape index (κ3) is 5.44. The number of rotatable bonds is 7. The summed E-state index contributed by atoms with van der Waals surface area (Å²) in [5, 5.41) is 13.9. The second-order valence-electron chi connectivity index (χ2n) is 11.1. The van der Waals surface area contributed by atoms with Gasteiger partial charge in [0.05, 0.1) is 23.0 Å². The normalized spacial score (nSPS) is 20.6. The first-order valence-electron chi connectivity index (χ1n) is 12.6. The molecular formula is C23H30B3F2N7O2. The fraction of sp³-hybridized carbons (Fsp3) is 0.478. The first-order chi connectivity index (χ1) is 17.4. The summed E-state index contributed by atoms with van der Waals surface area (Å²) in [6, 6.07) is 1.97. The molecule has 4 heterocycles. The lowest BCUT2D eigenvalue weighted by Crippen LogP contribution is -2.38. The van der Waals surface area contributed by atoms with Crippen LogP contribution in [0.2, 0.25) is 0 Å². The summed E-state index contributed by atoms with van der Waals surface area (Å²) >= 11 is 0. The zero-order valence-electron chi connectivity index (χ0n) is 21.8. The van der Waals surface area contributed by atoms with Crippen LogP contribution < -0.4 is 10.1 Å². The lowest BCUT2D eigenvalue weighted by Gasteiger charge is -2.33. The number of alkyl halides is 2. The Hall–Kier alpha value is -3.15. The molecule has 4 aromatic heterocycles. The summed E-state index contributed by atoms with van der Waals surface area (Å²) < 4.78 is 34.2. The van der Waals surface area contributed by atoms with Crippen LogP contribution in [-0.2, 0) is 6.54 Å². The minimum Gasteiger partial charge on any atom is -0.498 e. The molecule has 37 heavy (non-hydrogen) atoms. The summed E-state index contributed by atoms with van der Waals surface area (Å²) in [6.07, 6.45) is 4.03. The average Bonchev–Trinajstić information content (AvgIpc) is 3.35. The number of pyridine rings is 1. The Bertz CT molecular complexity index is 1440. The lowest BCUT2D eigenvalue weighted by molar-refractivity contribution is 0.0195. The number of aryl methyl sites for hydroxylation is 1. The van der Waals surface area contributed by atoms with E-state index in [1.807, 2.05) is 36.5 Å². The van der Waals surface area contributed by atoms with Gasteiger partial charge in [-0.1, -0.05) is 0 Å². The summed E-state index contributed by atoms with van der Waals surface area (Å²) in [5.41, 5.74) is 2.39. The summed E-state index contributed by atoms with van der Waals surface area (Å²) in [4.78, 5) is 21.4. The third-order valence-electron chi connectivity index (χ3n) is 6.73. The van der Waals surface area contributed by atoms with Crippen LogP contribution in [0, 0.1) is 6.92 Å². The molecule has 0 saturated heterocycles. The van der Waals surface area contributed by atoms with Crippen molar-refractivity contribution in [1.29, 1.82) is 0 Å². The van der Waals surface area contributed by atoms with Gasteiger partial charge in [0.1, 0.15) is 35.0 Å². The highest BCUT2D eigenvalue weighted by Crippen LogP contribution is 2.37. The van der Waals surface area contributed by atoms with Crippen LogP contribution in [0.4, 0.5) is 14.7 Å². The molecule has 14 heteroatoms. The van der Waals surface area contributed by atoms with E-state index >= 15 is 0 Å². The summed E-state index contributed by atoms with van der Waals surface area (Å²) in [5.74, 6) is 1.35. The topological polar surface area (TPSA) is 114 Å². The molecule has 5 rings (SSSR count). The van der Waals surface area contributed by atoms with E-state index in [1.54, 1.807) is 19.3 Å². The maximum Gasteiger partial charge on any atom is 0.256 e. The van der Waals surface area contributed by atoms with Gasteiger partial charge in [-0.3, -0.25) is 0 Å². The van der Waals surface area contributed by atoms with Crippen molar-refractivity contribution in [2.75, 3.05) is 5.32 Å². The number of halogens is 2. The number of imidazole rings is 1. The smallest absolute Gasteiger partial charge is 0.256 e. The van der Waals surface area contributed by atoms with Gasteiger partial charge in [-0.15, -0.1) is 0 Å². The molecule has 0 amide bonds. The fourth-order valence-electron chi connectivity index (χ4n) is 4.86. The van der Waals surface area contributed by atoms with E-state index in [0.29, 0.717) is 58.3 Å². The number of nitrogens with one attached hydrogen (secondary N) is 2. The predicted octanol–water partition coefficient (Wildman–Crippen LogP) is 0.938. The number of hydrogen-bond acceptors (Lipinski definition) is 7. The number of aromatic amines is 1. The van der Waals surface area contributed by atoms with Crippen LogP contribution in [0.1, 0.15) is 38.4 Å². The second-order valence-corrected chi connectivity index (χ2v) is 11.1. The van der Waals surface area contributed by atoms with Crippen molar-refractivity contribution < 1.29 is 18.6 Å². The van der Waals surface area contributed by atoms with Gasteiger partial charge < -0.3 is 24.7 Å². The lowest BCUT2D eigenvalue weighted by atomic mass is 9.52. The molecule has 0 spiro atoms. The first kappa shape index (κ1) is 25.5. The van der Waals surface area contributed by atoms with E-state index in [4.69, 9.17) is 14.7 Å². The van der Waals surface area contributed by atoms with Crippen LogP contribution in [-0.4, -0.2) is 81.5 Å². The SMILES string of the molecule is BC(B)(B)Oc1nc(N[C@H]2CC[C@@](C)(O)CC2)nc2[nH]cc(-c3cnc4nc(C)n(CC(F)F)c4c3)c12. The van der Waals surface area contributed by atoms with Crippen LogP contribution >= 0.6 is 0 Å². The molecule has 0 radical (unpaired) electrons. The third-order valence-corrected chi connectivity index (χ3v) is 6.73. The molecule has 0 unspecified atom stereocenters. The molecule has 1 fully saturated rings. The summed E-state index contributed by atoms with van der Waals surface area (Å²) in [6.45, 7) is 3.12. The highest BCUT2D eigenvalue weighted by molar-refractivity contribution is 6.58. The zero-order valence-corrected chi connectivity index (χ0v) is 21.8. The Labute approximate surface area is 216 Å². The van der Waals surface area contributed by atoms with Crippen molar-refractivity contribution in [3.8, 4) is 17.0 Å². The highest BCUT2D eigenvalue weighted by Gasteiger charge is 2.29. The van der Waals surface area contributed by atoms with Crippen molar-refractivity contribution in [3.05, 3.63) is 24.3 Å². The summed E-state index contributed by atoms with van der Waals surface area (Å²) in [7, 11) is 5.84. The van der Waals surface area contributed by atoms with Crippen molar-refractivity contribution in [1.82, 2.24) is 29.5 Å². The molecule has 0 aromatic carbocycles. The molecule has 0 bridgehead atoms. The number of hydrogen-bond donors (Lipinski definition) is 3. The average molecular weight is 507 g/mol. The molecular weight excluding hydrogens is 477 g/mol. The van der Waals surface area contributed by atoms with Crippen molar-refractivity contribution in [2.24, 2.45) is 0 Å². The monoisotopic (exact) mass is 507 g/mol. The van der Waals surface area contributed by atoms with E-state index in [0.717, 1.165) is 18.4 Å². The van der Waals surface area contributed by atoms with E-state index in [1.165, 1.54) is 4.57 Å². The molecule has 9 nitrogen and oxygen atoms in total. The number of H-pyrrole nitrogens is 1. The van der Waals surface area contributed by atoms with Gasteiger partial charge in [0.2, 0.25) is 11.8 Å². The Kier molecular flexibility index (Phi) is 6.41. The van der Waals surface area contributed by atoms with Gasteiger partial charge in [0.15, 0.2) is 5.65 Å². The first-order valence-corrected chi connectivity index (χ1v) is 12.6. The van der Waals surface area contributed by atoms with Gasteiger partial charge in [-0.05, 0) is 45.6 Å². The van der Waals surface area contributed by atoms with Gasteiger partial charge in [0, 0.05) is 34.9 Å². The Morgan fingerprint density at radius 1 is 1.27 bits per heavy atom. The highest BCUT2D eigenvalue weighted by atomic mass is 19.3. The number of fused-ring (bicyclic) bond motifs is 2. The van der Waals surface area contributed by atoms with Crippen LogP contribution in [0.15, 0.2) is 18.5 Å². The van der Waals surface area contributed by atoms with Crippen molar-refractivity contribution in [3.63, 3.8) is 0 Å². The minimum atomic E-state index is -2.51. The number of ether oxygens (including phenoxy) is 1. The molecule has 4 aromatic rings. The number of anilines is 1. The Morgan fingerprint density at radius 3 is 2.68 bits per heavy atom. The number of aromatic nitrogens is 6. The fourth-order valence-corrected chi connectivity index (χ4v) is 4.86. The standard InChI is InChI=1S/C23H30B3F2N7O2/c1-11-31-18-15(35(11)10-16(27)28)7-12(8-29-18)14-9-30-19-17(14)20(37-23(24,25)26)34-21(33-19)32-13-3-5-22(2,36)6-4-13/h7-9,13,16,36H,3-6,10,24-26H2,1-2H3,(H2,30,32,33,34)/t13-,22+. The molecule has 1 saturated carbocycles. The molecule has 192 valence electrons. The van der Waals surface area contributed by atoms with E-state index in [2.05, 4.69) is 20.3 Å². The van der Waals surface area contributed by atoms with Crippen LogP contribution in [0.3, 0.4) is 0 Å². The quantitative estimate of drug-likeness (QED) is 0.320. The molecule has 0 aliphatic heterocycles.